The van der Waals surface area contributed by atoms with E-state index in [9.17, 15) is 10.1 Å². The lowest BCUT2D eigenvalue weighted by Gasteiger charge is -2.25. The molecule has 4 nitrogen and oxygen atoms in total. The molecule has 1 aromatic heterocycles. The van der Waals surface area contributed by atoms with Crippen LogP contribution in [0.25, 0.3) is 6.08 Å². The molecular formula is C20H18BrN3O. The second-order valence-electron chi connectivity index (χ2n) is 6.11. The van der Waals surface area contributed by atoms with Gasteiger partial charge in [-0.05, 0) is 64.0 Å². The zero-order valence-corrected chi connectivity index (χ0v) is 15.3. The lowest BCUT2D eigenvalue weighted by atomic mass is 9.80. The summed E-state index contributed by atoms with van der Waals surface area (Å²) in [5.41, 5.74) is 3.00. The summed E-state index contributed by atoms with van der Waals surface area (Å²) >= 11 is 3.27. The van der Waals surface area contributed by atoms with Gasteiger partial charge in [0.15, 0.2) is 0 Å². The standard InChI is InChI=1S/C20H18BrN3O/c21-19-6-2-5-18(24-19)11-17(12-22)20(25)23-13-14-7-9-16(10-8-14)15-3-1-4-15/h2,5-11,15H,1,3-4,13H2,(H,23,25)/b17-11+. The summed E-state index contributed by atoms with van der Waals surface area (Å²) in [5.74, 6) is 0.307. The van der Waals surface area contributed by atoms with Crippen molar-refractivity contribution in [2.75, 3.05) is 0 Å². The molecule has 0 spiro atoms. The lowest BCUT2D eigenvalue weighted by molar-refractivity contribution is -0.117. The summed E-state index contributed by atoms with van der Waals surface area (Å²) in [6, 6.07) is 15.6. The molecule has 1 amide bonds. The Balaban J connectivity index is 1.61. The Kier molecular flexibility index (Phi) is 5.62. The van der Waals surface area contributed by atoms with E-state index in [0.29, 0.717) is 22.8 Å². The van der Waals surface area contributed by atoms with Crippen molar-refractivity contribution in [3.8, 4) is 6.07 Å². The highest BCUT2D eigenvalue weighted by Crippen LogP contribution is 2.36. The Bertz CT molecular complexity index is 833. The quantitative estimate of drug-likeness (QED) is 0.465. The summed E-state index contributed by atoms with van der Waals surface area (Å²) in [6.45, 7) is 0.398. The Morgan fingerprint density at radius 1 is 1.28 bits per heavy atom. The first-order valence-electron chi connectivity index (χ1n) is 8.27. The molecule has 0 unspecified atom stereocenters. The summed E-state index contributed by atoms with van der Waals surface area (Å²) in [5, 5.41) is 12.0. The molecule has 0 atom stereocenters. The Hall–Kier alpha value is -2.45. The molecular weight excluding hydrogens is 378 g/mol. The molecule has 25 heavy (non-hydrogen) atoms. The largest absolute Gasteiger partial charge is 0.347 e. The number of hydrogen-bond donors (Lipinski definition) is 1. The molecule has 1 heterocycles. The van der Waals surface area contributed by atoms with E-state index in [1.54, 1.807) is 18.2 Å². The number of nitrogens with one attached hydrogen (secondary N) is 1. The van der Waals surface area contributed by atoms with Crippen LogP contribution >= 0.6 is 15.9 Å². The number of benzene rings is 1. The van der Waals surface area contributed by atoms with Crippen molar-refractivity contribution in [1.82, 2.24) is 10.3 Å². The van der Waals surface area contributed by atoms with Crippen molar-refractivity contribution in [1.29, 1.82) is 5.26 Å². The van der Waals surface area contributed by atoms with Gasteiger partial charge in [0.2, 0.25) is 0 Å². The van der Waals surface area contributed by atoms with Crippen LogP contribution < -0.4 is 5.32 Å². The minimum absolute atomic E-state index is 0.0386. The van der Waals surface area contributed by atoms with Gasteiger partial charge in [-0.25, -0.2) is 4.98 Å². The minimum Gasteiger partial charge on any atom is -0.347 e. The molecule has 126 valence electrons. The summed E-state index contributed by atoms with van der Waals surface area (Å²) in [6.07, 6.45) is 5.35. The highest BCUT2D eigenvalue weighted by molar-refractivity contribution is 9.10. The zero-order valence-electron chi connectivity index (χ0n) is 13.7. The lowest BCUT2D eigenvalue weighted by Crippen LogP contribution is -2.24. The maximum atomic E-state index is 12.2. The molecule has 0 bridgehead atoms. The van der Waals surface area contributed by atoms with E-state index in [0.717, 1.165) is 5.56 Å². The Labute approximate surface area is 155 Å². The van der Waals surface area contributed by atoms with E-state index in [1.165, 1.54) is 30.9 Å². The van der Waals surface area contributed by atoms with Crippen LogP contribution in [0, 0.1) is 11.3 Å². The third-order valence-corrected chi connectivity index (χ3v) is 4.84. The molecule has 1 saturated carbocycles. The fraction of sp³-hybridized carbons (Fsp3) is 0.250. The molecule has 2 aromatic rings. The van der Waals surface area contributed by atoms with E-state index < -0.39 is 5.91 Å². The van der Waals surface area contributed by atoms with Crippen LogP contribution in [0.5, 0.6) is 0 Å². The van der Waals surface area contributed by atoms with Crippen LogP contribution in [0.3, 0.4) is 0 Å². The molecule has 1 aromatic carbocycles. The number of carbonyl (C=O) groups excluding carboxylic acids is 1. The van der Waals surface area contributed by atoms with Crippen LogP contribution in [0.4, 0.5) is 0 Å². The van der Waals surface area contributed by atoms with Gasteiger partial charge in [-0.3, -0.25) is 4.79 Å². The molecule has 3 rings (SSSR count). The zero-order chi connectivity index (χ0) is 17.6. The Morgan fingerprint density at radius 2 is 2.04 bits per heavy atom. The van der Waals surface area contributed by atoms with Crippen molar-refractivity contribution in [3.63, 3.8) is 0 Å². The third-order valence-electron chi connectivity index (χ3n) is 4.40. The highest BCUT2D eigenvalue weighted by atomic mass is 79.9. The average Bonchev–Trinajstić information content (AvgIpc) is 2.57. The Morgan fingerprint density at radius 3 is 2.64 bits per heavy atom. The van der Waals surface area contributed by atoms with E-state index >= 15 is 0 Å². The van der Waals surface area contributed by atoms with Crippen LogP contribution in [-0.2, 0) is 11.3 Å². The first-order chi connectivity index (χ1) is 12.2. The fourth-order valence-electron chi connectivity index (χ4n) is 2.73. The number of halogens is 1. The predicted octanol–water partition coefficient (Wildman–Crippen LogP) is 4.33. The predicted molar refractivity (Wildman–Crippen MR) is 100 cm³/mol. The normalized spacial score (nSPS) is 14.5. The van der Waals surface area contributed by atoms with Crippen LogP contribution in [-0.4, -0.2) is 10.9 Å². The molecule has 1 fully saturated rings. The van der Waals surface area contributed by atoms with Crippen molar-refractivity contribution < 1.29 is 4.79 Å². The summed E-state index contributed by atoms with van der Waals surface area (Å²) in [7, 11) is 0. The van der Waals surface area contributed by atoms with Crippen LogP contribution in [0.1, 0.15) is 42.0 Å². The molecule has 1 aliphatic rings. The number of amides is 1. The highest BCUT2D eigenvalue weighted by Gasteiger charge is 2.19. The summed E-state index contributed by atoms with van der Waals surface area (Å²) < 4.78 is 0.658. The third kappa shape index (κ3) is 4.55. The second kappa shape index (κ2) is 8.09. The molecule has 0 radical (unpaired) electrons. The van der Waals surface area contributed by atoms with E-state index in [4.69, 9.17) is 0 Å². The van der Waals surface area contributed by atoms with Gasteiger partial charge in [0.1, 0.15) is 16.2 Å². The van der Waals surface area contributed by atoms with Crippen molar-refractivity contribution in [3.05, 3.63) is 69.5 Å². The fourth-order valence-corrected chi connectivity index (χ4v) is 3.09. The van der Waals surface area contributed by atoms with E-state index in [1.807, 2.05) is 18.2 Å². The van der Waals surface area contributed by atoms with Crippen molar-refractivity contribution >= 4 is 27.9 Å². The number of pyridine rings is 1. The number of rotatable bonds is 5. The van der Waals surface area contributed by atoms with Gasteiger partial charge in [0.25, 0.3) is 5.91 Å². The van der Waals surface area contributed by atoms with Crippen molar-refractivity contribution in [2.45, 2.75) is 31.7 Å². The average molecular weight is 396 g/mol. The molecule has 5 heteroatoms. The summed E-state index contributed by atoms with van der Waals surface area (Å²) in [4.78, 5) is 16.4. The number of aromatic nitrogens is 1. The smallest absolute Gasteiger partial charge is 0.262 e. The van der Waals surface area contributed by atoms with Gasteiger partial charge in [0.05, 0.1) is 5.69 Å². The topological polar surface area (TPSA) is 65.8 Å². The van der Waals surface area contributed by atoms with Gasteiger partial charge < -0.3 is 5.32 Å². The number of nitrogens with zero attached hydrogens (tertiary/aromatic N) is 2. The minimum atomic E-state index is -0.396. The van der Waals surface area contributed by atoms with Crippen LogP contribution in [0.2, 0.25) is 0 Å². The number of hydrogen-bond acceptors (Lipinski definition) is 3. The van der Waals surface area contributed by atoms with Gasteiger partial charge in [0, 0.05) is 6.54 Å². The molecule has 1 aliphatic carbocycles. The van der Waals surface area contributed by atoms with E-state index in [-0.39, 0.29) is 5.57 Å². The molecule has 1 N–H and O–H groups in total. The number of carbonyl (C=O) groups is 1. The second-order valence-corrected chi connectivity index (χ2v) is 6.92. The first kappa shape index (κ1) is 17.4. The van der Waals surface area contributed by atoms with Gasteiger partial charge >= 0.3 is 0 Å². The SMILES string of the molecule is N#C/C(=C\c1cccc(Br)n1)C(=O)NCc1ccc(C2CCC2)cc1. The molecule has 0 saturated heterocycles. The number of nitriles is 1. The monoisotopic (exact) mass is 395 g/mol. The van der Waals surface area contributed by atoms with Crippen molar-refractivity contribution in [2.24, 2.45) is 0 Å². The van der Waals surface area contributed by atoms with Gasteiger partial charge in [-0.1, -0.05) is 36.8 Å². The van der Waals surface area contributed by atoms with E-state index in [2.05, 4.69) is 38.4 Å². The van der Waals surface area contributed by atoms with Gasteiger partial charge in [-0.2, -0.15) is 5.26 Å². The first-order valence-corrected chi connectivity index (χ1v) is 9.06. The maximum absolute atomic E-state index is 12.2. The van der Waals surface area contributed by atoms with Crippen LogP contribution in [0.15, 0.2) is 52.6 Å². The molecule has 0 aliphatic heterocycles. The van der Waals surface area contributed by atoms with Gasteiger partial charge in [-0.15, -0.1) is 0 Å². The maximum Gasteiger partial charge on any atom is 0.262 e.